The molecule has 0 bridgehead atoms. The fourth-order valence-corrected chi connectivity index (χ4v) is 4.61. The van der Waals surface area contributed by atoms with Crippen molar-refractivity contribution < 1.29 is 4.39 Å². The SMILES string of the molecule is Cn1cc(-c2cc3c(cc2F)ncc2ncc(=O)n(C4CCN(CC#N)CC4)c23)ccc1=O. The number of benzene rings is 1. The smallest absolute Gasteiger partial charge is 0.269 e. The highest BCUT2D eigenvalue weighted by molar-refractivity contribution is 6.03. The topological polar surface area (TPSA) is 96.8 Å². The highest BCUT2D eigenvalue weighted by Crippen LogP contribution is 2.32. The monoisotopic (exact) mass is 444 g/mol. The number of pyridine rings is 2. The Kier molecular flexibility index (Phi) is 5.23. The van der Waals surface area contributed by atoms with Crippen LogP contribution in [0.2, 0.25) is 0 Å². The molecule has 4 aromatic rings. The predicted molar refractivity (Wildman–Crippen MR) is 122 cm³/mol. The predicted octanol–water partition coefficient (Wildman–Crippen LogP) is 2.61. The molecule has 1 aliphatic heterocycles. The third-order valence-electron chi connectivity index (χ3n) is 6.31. The van der Waals surface area contributed by atoms with E-state index in [9.17, 15) is 9.59 Å². The number of hydrogen-bond donors (Lipinski definition) is 0. The largest absolute Gasteiger partial charge is 0.318 e. The van der Waals surface area contributed by atoms with Crippen LogP contribution < -0.4 is 11.1 Å². The van der Waals surface area contributed by atoms with Gasteiger partial charge in [-0.3, -0.25) is 19.5 Å². The molecule has 0 atom stereocenters. The molecular weight excluding hydrogens is 423 g/mol. The van der Waals surface area contributed by atoms with Crippen molar-refractivity contribution >= 4 is 21.9 Å². The molecule has 0 amide bonds. The number of nitriles is 1. The number of fused-ring (bicyclic) bond motifs is 3. The molecule has 0 unspecified atom stereocenters. The van der Waals surface area contributed by atoms with E-state index in [0.29, 0.717) is 39.6 Å². The lowest BCUT2D eigenvalue weighted by atomic mass is 10.0. The minimum atomic E-state index is -0.462. The quantitative estimate of drug-likeness (QED) is 0.356. The molecule has 4 heterocycles. The van der Waals surface area contributed by atoms with E-state index in [1.807, 2.05) is 0 Å². The fraction of sp³-hybridized carbons (Fsp3) is 0.292. The molecule has 8 nitrogen and oxygen atoms in total. The summed E-state index contributed by atoms with van der Waals surface area (Å²) in [5.74, 6) is -0.462. The van der Waals surface area contributed by atoms with Gasteiger partial charge in [0.25, 0.3) is 5.56 Å². The summed E-state index contributed by atoms with van der Waals surface area (Å²) in [4.78, 5) is 35.5. The Morgan fingerprint density at radius 3 is 2.58 bits per heavy atom. The van der Waals surface area contributed by atoms with Gasteiger partial charge >= 0.3 is 0 Å². The summed E-state index contributed by atoms with van der Waals surface area (Å²) < 4.78 is 18.2. The van der Waals surface area contributed by atoms with E-state index in [-0.39, 0.29) is 17.2 Å². The summed E-state index contributed by atoms with van der Waals surface area (Å²) in [6, 6.07) is 8.13. The van der Waals surface area contributed by atoms with Crippen molar-refractivity contribution in [2.45, 2.75) is 18.9 Å². The molecule has 1 fully saturated rings. The summed E-state index contributed by atoms with van der Waals surface area (Å²) in [5.41, 5.74) is 2.07. The Labute approximate surface area is 188 Å². The number of nitrogens with zero attached hydrogens (tertiary/aromatic N) is 6. The van der Waals surface area contributed by atoms with E-state index in [4.69, 9.17) is 5.26 Å². The van der Waals surface area contributed by atoms with Crippen LogP contribution in [0.5, 0.6) is 0 Å². The van der Waals surface area contributed by atoms with E-state index >= 15 is 4.39 Å². The van der Waals surface area contributed by atoms with Crippen LogP contribution in [-0.4, -0.2) is 43.6 Å². The molecule has 9 heteroatoms. The molecule has 5 rings (SSSR count). The molecule has 1 aliphatic rings. The van der Waals surface area contributed by atoms with Crippen molar-refractivity contribution in [2.24, 2.45) is 7.05 Å². The zero-order valence-corrected chi connectivity index (χ0v) is 18.0. The van der Waals surface area contributed by atoms with Crippen LogP contribution in [0, 0.1) is 17.1 Å². The molecule has 0 spiro atoms. The van der Waals surface area contributed by atoms with Gasteiger partial charge in [0.05, 0.1) is 36.0 Å². The Balaban J connectivity index is 1.72. The van der Waals surface area contributed by atoms with Crippen LogP contribution in [-0.2, 0) is 7.05 Å². The summed E-state index contributed by atoms with van der Waals surface area (Å²) in [7, 11) is 1.61. The summed E-state index contributed by atoms with van der Waals surface area (Å²) in [5, 5.41) is 9.60. The van der Waals surface area contributed by atoms with Gasteiger partial charge in [-0.05, 0) is 25.0 Å². The van der Waals surface area contributed by atoms with Gasteiger partial charge in [-0.25, -0.2) is 9.37 Å². The molecule has 0 saturated carbocycles. The lowest BCUT2D eigenvalue weighted by Crippen LogP contribution is -2.37. The van der Waals surface area contributed by atoms with E-state index in [2.05, 4.69) is 20.9 Å². The number of piperidine rings is 1. The Hall–Kier alpha value is -3.90. The third kappa shape index (κ3) is 3.68. The van der Waals surface area contributed by atoms with Crippen molar-refractivity contribution in [2.75, 3.05) is 19.6 Å². The average Bonchev–Trinajstić information content (AvgIpc) is 2.81. The third-order valence-corrected chi connectivity index (χ3v) is 6.31. The summed E-state index contributed by atoms with van der Waals surface area (Å²) in [6.45, 7) is 1.80. The summed E-state index contributed by atoms with van der Waals surface area (Å²) in [6.07, 6.45) is 5.89. The van der Waals surface area contributed by atoms with E-state index in [0.717, 1.165) is 25.9 Å². The first-order chi connectivity index (χ1) is 16.0. The van der Waals surface area contributed by atoms with Gasteiger partial charge in [0.1, 0.15) is 11.3 Å². The van der Waals surface area contributed by atoms with Gasteiger partial charge in [-0.1, -0.05) is 0 Å². The first-order valence-electron chi connectivity index (χ1n) is 10.7. The second-order valence-corrected chi connectivity index (χ2v) is 8.34. The minimum Gasteiger partial charge on any atom is -0.318 e. The molecule has 33 heavy (non-hydrogen) atoms. The number of likely N-dealkylation sites (tertiary alicyclic amines) is 1. The lowest BCUT2D eigenvalue weighted by molar-refractivity contribution is 0.205. The zero-order chi connectivity index (χ0) is 23.1. The van der Waals surface area contributed by atoms with Gasteiger partial charge < -0.3 is 9.13 Å². The maximum absolute atomic E-state index is 15.0. The molecule has 0 N–H and O–H groups in total. The van der Waals surface area contributed by atoms with Crippen LogP contribution in [0.4, 0.5) is 4.39 Å². The van der Waals surface area contributed by atoms with Gasteiger partial charge in [0, 0.05) is 61.0 Å². The molecule has 166 valence electrons. The van der Waals surface area contributed by atoms with Crippen LogP contribution in [0.3, 0.4) is 0 Å². The Morgan fingerprint density at radius 2 is 1.85 bits per heavy atom. The van der Waals surface area contributed by atoms with Crippen molar-refractivity contribution in [3.8, 4) is 17.2 Å². The standard InChI is InChI=1S/C24H21FN6O2/c1-29-14-15(2-3-22(29)32)17-10-18-20(11-19(17)25)27-12-21-24(18)31(23(33)13-28-21)16-4-7-30(8-5-16)9-6-26/h2-3,10-14,16H,4-5,7-9H2,1H3. The van der Waals surface area contributed by atoms with E-state index < -0.39 is 5.82 Å². The van der Waals surface area contributed by atoms with Gasteiger partial charge in [-0.15, -0.1) is 0 Å². The maximum Gasteiger partial charge on any atom is 0.269 e. The van der Waals surface area contributed by atoms with Gasteiger partial charge in [0.15, 0.2) is 0 Å². The zero-order valence-electron chi connectivity index (χ0n) is 18.0. The molecule has 3 aromatic heterocycles. The Bertz CT molecular complexity index is 1540. The number of aromatic nitrogens is 4. The van der Waals surface area contributed by atoms with Crippen molar-refractivity contribution in [3.63, 3.8) is 0 Å². The first-order valence-corrected chi connectivity index (χ1v) is 10.7. The minimum absolute atomic E-state index is 0.0606. The molecule has 0 aliphatic carbocycles. The normalized spacial score (nSPS) is 15.2. The van der Waals surface area contributed by atoms with Gasteiger partial charge in [-0.2, -0.15) is 5.26 Å². The second kappa shape index (κ2) is 8.22. The lowest BCUT2D eigenvalue weighted by Gasteiger charge is -2.32. The number of aryl methyl sites for hydroxylation is 1. The fourth-order valence-electron chi connectivity index (χ4n) is 4.61. The van der Waals surface area contributed by atoms with Gasteiger partial charge in [0.2, 0.25) is 5.56 Å². The van der Waals surface area contributed by atoms with Crippen LogP contribution >= 0.6 is 0 Å². The van der Waals surface area contributed by atoms with Crippen LogP contribution in [0.25, 0.3) is 33.1 Å². The van der Waals surface area contributed by atoms with Crippen LogP contribution in [0.15, 0.2) is 52.4 Å². The molecular formula is C24H21FN6O2. The highest BCUT2D eigenvalue weighted by Gasteiger charge is 2.24. The van der Waals surface area contributed by atoms with E-state index in [1.54, 1.807) is 36.1 Å². The molecule has 0 radical (unpaired) electrons. The number of rotatable bonds is 3. The Morgan fingerprint density at radius 1 is 1.09 bits per heavy atom. The number of hydrogen-bond acceptors (Lipinski definition) is 6. The molecule has 1 saturated heterocycles. The van der Waals surface area contributed by atoms with Crippen LogP contribution in [0.1, 0.15) is 18.9 Å². The second-order valence-electron chi connectivity index (χ2n) is 8.34. The number of halogens is 1. The maximum atomic E-state index is 15.0. The first kappa shape index (κ1) is 21.0. The van der Waals surface area contributed by atoms with Crippen molar-refractivity contribution in [3.05, 3.63) is 69.4 Å². The van der Waals surface area contributed by atoms with Crippen molar-refractivity contribution in [1.29, 1.82) is 5.26 Å². The summed E-state index contributed by atoms with van der Waals surface area (Å²) >= 11 is 0. The average molecular weight is 444 g/mol. The van der Waals surface area contributed by atoms with E-state index in [1.165, 1.54) is 22.9 Å². The molecule has 1 aromatic carbocycles. The highest BCUT2D eigenvalue weighted by atomic mass is 19.1. The van der Waals surface area contributed by atoms with Crippen molar-refractivity contribution in [1.82, 2.24) is 24.0 Å².